The molecule has 0 aliphatic carbocycles. The molecule has 0 aromatic carbocycles. The fourth-order valence-electron chi connectivity index (χ4n) is 3.92. The number of hydrogen-bond donors (Lipinski definition) is 3. The summed E-state index contributed by atoms with van der Waals surface area (Å²) in [5.74, 6) is -1.60. The molecule has 0 fully saturated rings. The van der Waals surface area contributed by atoms with Gasteiger partial charge < -0.3 is 20.9 Å². The molecule has 0 heterocycles. The van der Waals surface area contributed by atoms with E-state index in [0.717, 1.165) is 0 Å². The van der Waals surface area contributed by atoms with E-state index in [-0.39, 0.29) is 48.5 Å². The minimum absolute atomic E-state index is 0.0735. The Labute approximate surface area is 234 Å². The van der Waals surface area contributed by atoms with Gasteiger partial charge in [0.1, 0.15) is 6.04 Å². The molecule has 0 aromatic heterocycles. The van der Waals surface area contributed by atoms with Gasteiger partial charge in [-0.15, -0.1) is 0 Å². The van der Waals surface area contributed by atoms with Gasteiger partial charge in [0.2, 0.25) is 24.3 Å². The summed E-state index contributed by atoms with van der Waals surface area (Å²) in [5, 5.41) is 8.10. The third kappa shape index (κ3) is 13.7. The van der Waals surface area contributed by atoms with Crippen molar-refractivity contribution in [2.24, 2.45) is 23.7 Å². The lowest BCUT2D eigenvalue weighted by molar-refractivity contribution is -0.571. The van der Waals surface area contributed by atoms with Crippen LogP contribution in [-0.2, 0) is 24.0 Å². The molecule has 0 aliphatic rings. The molecule has 0 rings (SSSR count). The van der Waals surface area contributed by atoms with Gasteiger partial charge in [-0.2, -0.15) is 0 Å². The van der Waals surface area contributed by atoms with Crippen molar-refractivity contribution >= 4 is 29.4 Å². The van der Waals surface area contributed by atoms with Gasteiger partial charge in [-0.1, -0.05) is 48.5 Å². The van der Waals surface area contributed by atoms with E-state index in [4.69, 9.17) is 0 Å². The first kappa shape index (κ1) is 36.1. The summed E-state index contributed by atoms with van der Waals surface area (Å²) in [6.45, 7) is 17.6. The van der Waals surface area contributed by atoms with Crippen LogP contribution in [0.15, 0.2) is 0 Å². The smallest absolute Gasteiger partial charge is 0.293 e. The molecule has 0 aliphatic heterocycles. The van der Waals surface area contributed by atoms with E-state index in [1.54, 1.807) is 14.0 Å². The van der Waals surface area contributed by atoms with Crippen molar-refractivity contribution in [2.45, 2.75) is 106 Å². The van der Waals surface area contributed by atoms with Crippen molar-refractivity contribution in [3.63, 3.8) is 0 Å². The van der Waals surface area contributed by atoms with Crippen molar-refractivity contribution in [3.05, 3.63) is 4.91 Å². The molecule has 0 spiro atoms. The lowest BCUT2D eigenvalue weighted by Gasteiger charge is -2.24. The summed E-state index contributed by atoms with van der Waals surface area (Å²) in [5.41, 5.74) is 0. The van der Waals surface area contributed by atoms with Crippen LogP contribution in [0.5, 0.6) is 0 Å². The summed E-state index contributed by atoms with van der Waals surface area (Å²) in [6, 6.07) is -3.26. The van der Waals surface area contributed by atoms with Crippen LogP contribution in [0.25, 0.3) is 0 Å². The average molecular weight is 555 g/mol. The molecule has 0 radical (unpaired) electrons. The Bertz CT molecular complexity index is 873. The van der Waals surface area contributed by atoms with Crippen LogP contribution < -0.4 is 16.0 Å². The number of nitroso groups, excluding NO2 is 1. The first-order chi connectivity index (χ1) is 17.9. The third-order valence-electron chi connectivity index (χ3n) is 6.67. The first-order valence-corrected chi connectivity index (χ1v) is 14.0. The molecule has 3 N–H and O–H groups in total. The molecular weight excluding hydrogens is 502 g/mol. The monoisotopic (exact) mass is 554 g/mol. The molecule has 0 saturated carbocycles. The van der Waals surface area contributed by atoms with E-state index in [0.29, 0.717) is 17.6 Å². The van der Waals surface area contributed by atoms with Crippen LogP contribution >= 0.6 is 0 Å². The Morgan fingerprint density at radius 3 is 1.69 bits per heavy atom. The molecule has 39 heavy (non-hydrogen) atoms. The Morgan fingerprint density at radius 2 is 1.23 bits per heavy atom. The van der Waals surface area contributed by atoms with Gasteiger partial charge in [0.15, 0.2) is 5.78 Å². The molecule has 0 aromatic rings. The number of amides is 4. The summed E-state index contributed by atoms with van der Waals surface area (Å²) in [4.78, 5) is 76.7. The number of rotatable bonds is 17. The number of likely N-dealkylation sites (N-methyl/N-ethyl adjacent to an activating group) is 1. The fourth-order valence-corrected chi connectivity index (χ4v) is 3.92. The van der Waals surface area contributed by atoms with E-state index in [1.807, 2.05) is 48.5 Å². The number of carbonyl (C=O) groups is 5. The molecule has 0 saturated heterocycles. The predicted octanol–water partition coefficient (Wildman–Crippen LogP) is 2.06. The number of nitrogens with zero attached hydrogens (tertiary/aromatic N) is 2. The molecular formula is C28H52N5O6+. The van der Waals surface area contributed by atoms with E-state index >= 15 is 0 Å². The summed E-state index contributed by atoms with van der Waals surface area (Å²) in [7, 11) is 1.56. The first-order valence-electron chi connectivity index (χ1n) is 14.0. The van der Waals surface area contributed by atoms with Crippen LogP contribution in [0.1, 0.15) is 82.1 Å². The van der Waals surface area contributed by atoms with Crippen LogP contribution in [0.3, 0.4) is 0 Å². The summed E-state index contributed by atoms with van der Waals surface area (Å²) >= 11 is 0. The Morgan fingerprint density at radius 1 is 0.744 bits per heavy atom. The molecule has 0 bridgehead atoms. The van der Waals surface area contributed by atoms with E-state index in [2.05, 4.69) is 16.0 Å². The third-order valence-corrected chi connectivity index (χ3v) is 6.67. The Balaban J connectivity index is 5.11. The lowest BCUT2D eigenvalue weighted by Crippen LogP contribution is -2.55. The Kier molecular flexibility index (Phi) is 15.7. The molecule has 11 heteroatoms. The van der Waals surface area contributed by atoms with Crippen LogP contribution in [0.2, 0.25) is 0 Å². The molecule has 5 atom stereocenters. The summed E-state index contributed by atoms with van der Waals surface area (Å²) in [6.07, 6.45) is 0.821. The van der Waals surface area contributed by atoms with Gasteiger partial charge >= 0.3 is 0 Å². The van der Waals surface area contributed by atoms with Crippen LogP contribution in [-0.4, -0.2) is 83.4 Å². The van der Waals surface area contributed by atoms with E-state index in [9.17, 15) is 28.9 Å². The standard InChI is InChI=1S/C28H51N5O6/c1-16(2)12-23(22(10)34)30-27(37)24(13-17(3)4)31-26(36)21(9)33(39)14-19(7)29-25(35)15-32(11)28(38)20(8)18(5)6/h16-21,23-24H,12-15H2,1-11H3,(H2-,29,30,31,35,36,37)/p+1. The topological polar surface area (TPSA) is 145 Å². The Hall–Kier alpha value is -2.85. The average Bonchev–Trinajstić information content (AvgIpc) is 2.80. The van der Waals surface area contributed by atoms with Gasteiger partial charge in [-0.25, -0.2) is 0 Å². The van der Waals surface area contributed by atoms with Gasteiger partial charge in [0.25, 0.3) is 11.9 Å². The maximum atomic E-state index is 13.0. The van der Waals surface area contributed by atoms with Crippen molar-refractivity contribution < 1.29 is 28.7 Å². The maximum absolute atomic E-state index is 13.0. The minimum atomic E-state index is -1.12. The highest BCUT2D eigenvalue weighted by molar-refractivity contribution is 5.92. The van der Waals surface area contributed by atoms with Crippen molar-refractivity contribution in [2.75, 3.05) is 20.1 Å². The largest absolute Gasteiger partial charge is 0.346 e. The lowest BCUT2D eigenvalue weighted by atomic mass is 9.97. The fraction of sp³-hybridized carbons (Fsp3) is 0.821. The van der Waals surface area contributed by atoms with Gasteiger partial charge in [0, 0.05) is 29.6 Å². The molecule has 4 amide bonds. The zero-order valence-electron chi connectivity index (χ0n) is 25.8. The second-order valence-corrected chi connectivity index (χ2v) is 12.0. The van der Waals surface area contributed by atoms with Crippen LogP contribution in [0.4, 0.5) is 0 Å². The van der Waals surface area contributed by atoms with E-state index < -0.39 is 41.9 Å². The second kappa shape index (κ2) is 17.0. The van der Waals surface area contributed by atoms with Crippen molar-refractivity contribution in [1.29, 1.82) is 0 Å². The number of carbonyl (C=O) groups excluding carboxylic acids is 5. The van der Waals surface area contributed by atoms with E-state index in [1.165, 1.54) is 18.7 Å². The van der Waals surface area contributed by atoms with Gasteiger partial charge in [-0.05, 0) is 44.4 Å². The number of ketones is 1. The zero-order chi connectivity index (χ0) is 30.6. The van der Waals surface area contributed by atoms with Gasteiger partial charge in [-0.3, -0.25) is 24.0 Å². The number of nitrogens with one attached hydrogen (secondary N) is 3. The number of Topliss-reactive ketones (excluding diaryl/α,β-unsaturated/α-hetero) is 1. The minimum Gasteiger partial charge on any atom is -0.346 e. The highest BCUT2D eigenvalue weighted by atomic mass is 16.3. The molecule has 11 nitrogen and oxygen atoms in total. The second-order valence-electron chi connectivity index (χ2n) is 12.0. The number of hydrogen-bond acceptors (Lipinski definition) is 6. The molecule has 224 valence electrons. The zero-order valence-corrected chi connectivity index (χ0v) is 25.8. The highest BCUT2D eigenvalue weighted by Gasteiger charge is 2.34. The van der Waals surface area contributed by atoms with Crippen LogP contribution in [0, 0.1) is 28.6 Å². The quantitative estimate of drug-likeness (QED) is 0.235. The van der Waals surface area contributed by atoms with Gasteiger partial charge in [0.05, 0.1) is 18.6 Å². The SMILES string of the molecule is CC(=O)C(CC(C)C)NC(=O)C(CC(C)C)NC(=O)C(C)[N+](=O)CC(C)NC(=O)CN(C)C(=O)C(C)C(C)C. The summed E-state index contributed by atoms with van der Waals surface area (Å²) < 4.78 is 0.553. The van der Waals surface area contributed by atoms with Crippen molar-refractivity contribution in [3.8, 4) is 0 Å². The normalized spacial score (nSPS) is 15.2. The highest BCUT2D eigenvalue weighted by Crippen LogP contribution is 2.12. The van der Waals surface area contributed by atoms with Crippen molar-refractivity contribution in [1.82, 2.24) is 20.9 Å². The maximum Gasteiger partial charge on any atom is 0.293 e. The molecule has 5 unspecified atom stereocenters. The predicted molar refractivity (Wildman–Crippen MR) is 151 cm³/mol.